The minimum Gasteiger partial charge on any atom is -0.491 e. The summed E-state index contributed by atoms with van der Waals surface area (Å²) in [7, 11) is 1.71. The summed E-state index contributed by atoms with van der Waals surface area (Å²) in [5.41, 5.74) is 0.829. The van der Waals surface area contributed by atoms with Gasteiger partial charge in [0.05, 0.1) is 18.7 Å². The monoisotopic (exact) mass is 334 g/mol. The Morgan fingerprint density at radius 1 is 1.54 bits per heavy atom. The van der Waals surface area contributed by atoms with E-state index in [4.69, 9.17) is 9.47 Å². The Kier molecular flexibility index (Phi) is 7.98. The van der Waals surface area contributed by atoms with Gasteiger partial charge in [0, 0.05) is 13.1 Å². The molecule has 0 fully saturated rings. The number of Topliss-reactive ketones (excluding diaryl/α,β-unsaturated/α-hetero) is 1. The van der Waals surface area contributed by atoms with Crippen molar-refractivity contribution in [2.24, 2.45) is 4.99 Å². The Balaban J connectivity index is 0.00000139. The van der Waals surface area contributed by atoms with E-state index in [1.165, 1.54) is 6.92 Å². The van der Waals surface area contributed by atoms with Gasteiger partial charge < -0.3 is 19.5 Å². The van der Waals surface area contributed by atoms with Gasteiger partial charge in [-0.2, -0.15) is 0 Å². The largest absolute Gasteiger partial charge is 0.491 e. The van der Waals surface area contributed by atoms with Crippen molar-refractivity contribution in [2.45, 2.75) is 26.9 Å². The van der Waals surface area contributed by atoms with E-state index in [9.17, 15) is 9.90 Å². The number of hydrogen-bond acceptors (Lipinski definition) is 5. The van der Waals surface area contributed by atoms with Gasteiger partial charge in [-0.25, -0.2) is 0 Å². The Labute approximate surface area is 143 Å². The lowest BCUT2D eigenvalue weighted by molar-refractivity contribution is -0.125. The highest BCUT2D eigenvalue weighted by Gasteiger charge is 2.21. The van der Waals surface area contributed by atoms with Crippen LogP contribution >= 0.6 is 0 Å². The number of aliphatic imine (C=N–C) groups is 1. The van der Waals surface area contributed by atoms with Gasteiger partial charge in [-0.3, -0.25) is 9.79 Å². The van der Waals surface area contributed by atoms with Gasteiger partial charge >= 0.3 is 0 Å². The number of rotatable bonds is 5. The molecule has 0 amide bonds. The Bertz CT molecular complexity index is 599. The molecule has 24 heavy (non-hydrogen) atoms. The molecule has 1 aromatic carbocycles. The van der Waals surface area contributed by atoms with E-state index in [2.05, 4.69) is 11.6 Å². The summed E-state index contributed by atoms with van der Waals surface area (Å²) < 4.78 is 11.2. The van der Waals surface area contributed by atoms with Crippen molar-refractivity contribution in [3.8, 4) is 11.5 Å². The summed E-state index contributed by atoms with van der Waals surface area (Å²) in [6.45, 7) is 9.93. The van der Waals surface area contributed by atoms with Crippen LogP contribution in [0.2, 0.25) is 0 Å². The first-order valence-corrected chi connectivity index (χ1v) is 8.02. The van der Waals surface area contributed by atoms with Crippen LogP contribution in [0.15, 0.2) is 36.0 Å². The number of aliphatic hydroxyl groups excluding tert-OH is 1. The van der Waals surface area contributed by atoms with Crippen molar-refractivity contribution in [1.82, 2.24) is 4.90 Å². The number of ether oxygens (including phenoxy) is 2. The van der Waals surface area contributed by atoms with Crippen LogP contribution in [-0.4, -0.2) is 54.5 Å². The maximum absolute atomic E-state index is 11.4. The SMILES string of the molecule is C=CN1CCOc2cc(O[C@@H](CO)C(C)=O)ccc2C1=NC.CC. The smallest absolute Gasteiger partial charge is 0.179 e. The highest BCUT2D eigenvalue weighted by molar-refractivity contribution is 6.02. The number of benzene rings is 1. The maximum Gasteiger partial charge on any atom is 0.179 e. The van der Waals surface area contributed by atoms with Gasteiger partial charge in [0.25, 0.3) is 0 Å². The first-order valence-electron chi connectivity index (χ1n) is 8.02. The van der Waals surface area contributed by atoms with Crippen molar-refractivity contribution in [3.63, 3.8) is 0 Å². The second kappa shape index (κ2) is 9.72. The number of aliphatic hydroxyl groups is 1. The van der Waals surface area contributed by atoms with Crippen molar-refractivity contribution in [2.75, 3.05) is 26.8 Å². The molecule has 1 N–H and O–H groups in total. The molecule has 1 aliphatic heterocycles. The third-order valence-corrected chi connectivity index (χ3v) is 3.39. The van der Waals surface area contributed by atoms with Gasteiger partial charge in [-0.15, -0.1) is 0 Å². The van der Waals surface area contributed by atoms with E-state index in [1.807, 2.05) is 24.8 Å². The Morgan fingerprint density at radius 3 is 2.79 bits per heavy atom. The van der Waals surface area contributed by atoms with E-state index >= 15 is 0 Å². The lowest BCUT2D eigenvalue weighted by Crippen LogP contribution is -2.29. The molecule has 6 heteroatoms. The Morgan fingerprint density at radius 2 is 2.25 bits per heavy atom. The highest BCUT2D eigenvalue weighted by Crippen LogP contribution is 2.29. The molecule has 0 aliphatic carbocycles. The molecule has 2 rings (SSSR count). The van der Waals surface area contributed by atoms with Gasteiger partial charge in [-0.05, 0) is 25.3 Å². The van der Waals surface area contributed by atoms with Crippen LogP contribution in [0.3, 0.4) is 0 Å². The third kappa shape index (κ3) is 4.58. The van der Waals surface area contributed by atoms with E-state index < -0.39 is 6.10 Å². The molecule has 1 heterocycles. The highest BCUT2D eigenvalue weighted by atomic mass is 16.5. The number of nitrogens with zero attached hydrogens (tertiary/aromatic N) is 2. The average molecular weight is 334 g/mol. The summed E-state index contributed by atoms with van der Waals surface area (Å²) in [5, 5.41) is 9.17. The van der Waals surface area contributed by atoms with Crippen molar-refractivity contribution in [3.05, 3.63) is 36.5 Å². The minimum atomic E-state index is -0.868. The predicted octanol–water partition coefficient (Wildman–Crippen LogP) is 2.26. The topological polar surface area (TPSA) is 71.4 Å². The molecule has 0 saturated heterocycles. The number of carbonyl (C=O) groups excluding carboxylic acids is 1. The van der Waals surface area contributed by atoms with Crippen LogP contribution < -0.4 is 9.47 Å². The lowest BCUT2D eigenvalue weighted by atomic mass is 10.1. The van der Waals surface area contributed by atoms with Crippen LogP contribution in [0.4, 0.5) is 0 Å². The zero-order valence-electron chi connectivity index (χ0n) is 14.8. The van der Waals surface area contributed by atoms with E-state index in [-0.39, 0.29) is 12.4 Å². The van der Waals surface area contributed by atoms with E-state index in [0.717, 1.165) is 11.4 Å². The van der Waals surface area contributed by atoms with Crippen LogP contribution in [0.5, 0.6) is 11.5 Å². The first-order chi connectivity index (χ1) is 11.6. The average Bonchev–Trinajstić information content (AvgIpc) is 2.79. The van der Waals surface area contributed by atoms with Gasteiger partial charge in [0.15, 0.2) is 11.9 Å². The molecule has 1 atom stereocenters. The first kappa shape index (κ1) is 19.7. The molecule has 1 aromatic rings. The van der Waals surface area contributed by atoms with Crippen LogP contribution in [0, 0.1) is 0 Å². The number of amidine groups is 1. The predicted molar refractivity (Wildman–Crippen MR) is 94.8 cm³/mol. The van der Waals surface area contributed by atoms with Crippen LogP contribution in [0.1, 0.15) is 26.3 Å². The quantitative estimate of drug-likeness (QED) is 0.894. The summed E-state index contributed by atoms with van der Waals surface area (Å²) in [6.07, 6.45) is 0.843. The van der Waals surface area contributed by atoms with Gasteiger partial charge in [-0.1, -0.05) is 20.4 Å². The maximum atomic E-state index is 11.4. The fourth-order valence-electron chi connectivity index (χ4n) is 2.23. The third-order valence-electron chi connectivity index (χ3n) is 3.39. The molecule has 0 spiro atoms. The molecule has 1 aliphatic rings. The summed E-state index contributed by atoms with van der Waals surface area (Å²) in [6, 6.07) is 5.26. The number of fused-ring (bicyclic) bond motifs is 1. The normalized spacial score (nSPS) is 16.0. The minimum absolute atomic E-state index is 0.230. The summed E-state index contributed by atoms with van der Waals surface area (Å²) >= 11 is 0. The van der Waals surface area contributed by atoms with E-state index in [1.54, 1.807) is 25.4 Å². The lowest BCUT2D eigenvalue weighted by Gasteiger charge is -2.19. The van der Waals surface area contributed by atoms with E-state index in [0.29, 0.717) is 24.7 Å². The molecule has 132 valence electrons. The van der Waals surface area contributed by atoms with Gasteiger partial charge in [0.1, 0.15) is 23.9 Å². The number of carbonyl (C=O) groups is 1. The summed E-state index contributed by atoms with van der Waals surface area (Å²) in [5.74, 6) is 1.63. The molecular formula is C18H26N2O4. The zero-order valence-corrected chi connectivity index (χ0v) is 14.8. The fourth-order valence-corrected chi connectivity index (χ4v) is 2.23. The molecule has 0 aromatic heterocycles. The molecular weight excluding hydrogens is 308 g/mol. The van der Waals surface area contributed by atoms with Crippen molar-refractivity contribution < 1.29 is 19.4 Å². The molecule has 0 saturated carbocycles. The number of ketones is 1. The van der Waals surface area contributed by atoms with Crippen LogP contribution in [0.25, 0.3) is 0 Å². The van der Waals surface area contributed by atoms with Crippen LogP contribution in [-0.2, 0) is 4.79 Å². The number of hydrogen-bond donors (Lipinski definition) is 1. The molecule has 0 radical (unpaired) electrons. The molecule has 6 nitrogen and oxygen atoms in total. The van der Waals surface area contributed by atoms with Gasteiger partial charge in [0.2, 0.25) is 0 Å². The zero-order chi connectivity index (χ0) is 18.1. The molecule has 0 unspecified atom stereocenters. The second-order valence-corrected chi connectivity index (χ2v) is 4.83. The standard InChI is InChI=1S/C16H20N2O4.C2H6/c1-4-18-7-8-21-14-9-12(22-15(10-19)11(2)20)5-6-13(14)16(18)17-3;1-2/h4-6,9,15,19H,1,7-8,10H2,2-3H3;1-2H3/t15-;/m0./s1. The second-order valence-electron chi connectivity index (χ2n) is 4.83. The van der Waals surface area contributed by atoms with Crippen molar-refractivity contribution >= 4 is 11.6 Å². The van der Waals surface area contributed by atoms with Crippen molar-refractivity contribution in [1.29, 1.82) is 0 Å². The fraction of sp³-hybridized carbons (Fsp3) is 0.444. The Hall–Kier alpha value is -2.34. The summed E-state index contributed by atoms with van der Waals surface area (Å²) in [4.78, 5) is 17.6. The molecule has 0 bridgehead atoms.